The number of fused-ring (bicyclic) bond motifs is 1. The van der Waals surface area contributed by atoms with Gasteiger partial charge >= 0.3 is 7.48 Å². The fourth-order valence-electron chi connectivity index (χ4n) is 2.23. The third kappa shape index (κ3) is 2.24. The van der Waals surface area contributed by atoms with Crippen molar-refractivity contribution in [1.29, 1.82) is 0 Å². The largest absolute Gasteiger partial charge is 0.449 e. The highest BCUT2D eigenvalue weighted by atomic mass is 32.2. The number of hydrogen-bond acceptors (Lipinski definition) is 4. The molecule has 0 bridgehead atoms. The van der Waals surface area contributed by atoms with Crippen LogP contribution in [0.3, 0.4) is 0 Å². The van der Waals surface area contributed by atoms with Crippen molar-refractivity contribution in [3.8, 4) is 0 Å². The summed E-state index contributed by atoms with van der Waals surface area (Å²) in [6, 6.07) is 10.1. The summed E-state index contributed by atoms with van der Waals surface area (Å²) in [6.07, 6.45) is 2.96. The summed E-state index contributed by atoms with van der Waals surface area (Å²) in [5.74, 6) is 0. The SMILES string of the molecule is Cc1ccc(S(=O)(=O)n2cc(BO)c3cccnc32)cc1. The Bertz CT molecular complexity index is 902. The molecule has 1 N–H and O–H groups in total. The molecule has 0 saturated heterocycles. The second kappa shape index (κ2) is 5.02. The van der Waals surface area contributed by atoms with E-state index in [0.29, 0.717) is 16.5 Å². The monoisotopic (exact) mass is 300 g/mol. The van der Waals surface area contributed by atoms with E-state index in [9.17, 15) is 13.4 Å². The first-order valence-electron chi connectivity index (χ1n) is 6.42. The van der Waals surface area contributed by atoms with Gasteiger partial charge in [0.05, 0.1) is 4.90 Å². The van der Waals surface area contributed by atoms with Crippen LogP contribution >= 0.6 is 0 Å². The quantitative estimate of drug-likeness (QED) is 0.717. The molecule has 0 saturated carbocycles. The maximum Gasteiger partial charge on any atom is 0.307 e. The van der Waals surface area contributed by atoms with Crippen molar-refractivity contribution in [2.45, 2.75) is 11.8 Å². The first-order chi connectivity index (χ1) is 10.0. The van der Waals surface area contributed by atoms with Gasteiger partial charge in [0.2, 0.25) is 0 Å². The standard InChI is InChI=1S/C14H13BN2O3S/c1-10-4-6-11(7-5-10)21(19,20)17-9-13(15-18)12-3-2-8-16-14(12)17/h2-9,15,18H,1H3. The minimum Gasteiger partial charge on any atom is -0.449 e. The molecular formula is C14H13BN2O3S. The van der Waals surface area contributed by atoms with Crippen molar-refractivity contribution in [3.05, 3.63) is 54.4 Å². The van der Waals surface area contributed by atoms with Crippen LogP contribution in [0, 0.1) is 6.92 Å². The van der Waals surface area contributed by atoms with E-state index >= 15 is 0 Å². The summed E-state index contributed by atoms with van der Waals surface area (Å²) in [5, 5.41) is 10.0. The summed E-state index contributed by atoms with van der Waals surface area (Å²) >= 11 is 0. The number of aromatic nitrogens is 2. The van der Waals surface area contributed by atoms with Crippen LogP contribution in [0.25, 0.3) is 11.0 Å². The number of aryl methyl sites for hydroxylation is 1. The van der Waals surface area contributed by atoms with Gasteiger partial charge in [-0.2, -0.15) is 0 Å². The average Bonchev–Trinajstić information content (AvgIpc) is 2.87. The zero-order valence-electron chi connectivity index (χ0n) is 11.4. The minimum absolute atomic E-state index is 0.195. The molecule has 3 rings (SSSR count). The average molecular weight is 300 g/mol. The lowest BCUT2D eigenvalue weighted by molar-refractivity contribution is 0.589. The Hall–Kier alpha value is -2.12. The number of hydrogen-bond donors (Lipinski definition) is 1. The smallest absolute Gasteiger partial charge is 0.307 e. The summed E-state index contributed by atoms with van der Waals surface area (Å²) in [4.78, 5) is 4.33. The molecular weight excluding hydrogens is 287 g/mol. The fourth-order valence-corrected chi connectivity index (χ4v) is 3.57. The Balaban J connectivity index is 2.26. The van der Waals surface area contributed by atoms with Crippen LogP contribution in [0.1, 0.15) is 5.56 Å². The van der Waals surface area contributed by atoms with Gasteiger partial charge in [0, 0.05) is 17.8 Å². The van der Waals surface area contributed by atoms with Gasteiger partial charge in [-0.3, -0.25) is 0 Å². The number of benzene rings is 1. The van der Waals surface area contributed by atoms with Gasteiger partial charge in [-0.05, 0) is 30.6 Å². The lowest BCUT2D eigenvalue weighted by atomic mass is 9.89. The lowest BCUT2D eigenvalue weighted by Crippen LogP contribution is -2.15. The zero-order valence-corrected chi connectivity index (χ0v) is 12.2. The van der Waals surface area contributed by atoms with Gasteiger partial charge in [-0.1, -0.05) is 23.8 Å². The van der Waals surface area contributed by atoms with Crippen molar-refractivity contribution in [2.75, 3.05) is 0 Å². The van der Waals surface area contributed by atoms with Crippen LogP contribution in [0.4, 0.5) is 0 Å². The molecule has 0 radical (unpaired) electrons. The van der Waals surface area contributed by atoms with Crippen LogP contribution in [-0.2, 0) is 10.0 Å². The lowest BCUT2D eigenvalue weighted by Gasteiger charge is -2.07. The van der Waals surface area contributed by atoms with E-state index in [2.05, 4.69) is 4.98 Å². The van der Waals surface area contributed by atoms with Crippen molar-refractivity contribution < 1.29 is 13.4 Å². The third-order valence-electron chi connectivity index (χ3n) is 3.36. The highest BCUT2D eigenvalue weighted by Crippen LogP contribution is 2.19. The molecule has 106 valence electrons. The molecule has 0 atom stereocenters. The fraction of sp³-hybridized carbons (Fsp3) is 0.0714. The van der Waals surface area contributed by atoms with Crippen molar-refractivity contribution in [1.82, 2.24) is 8.96 Å². The molecule has 0 aliphatic heterocycles. The van der Waals surface area contributed by atoms with Crippen molar-refractivity contribution in [3.63, 3.8) is 0 Å². The molecule has 0 fully saturated rings. The van der Waals surface area contributed by atoms with Crippen molar-refractivity contribution >= 4 is 34.0 Å². The third-order valence-corrected chi connectivity index (χ3v) is 5.03. The van der Waals surface area contributed by atoms with Gasteiger partial charge in [0.1, 0.15) is 0 Å². The van der Waals surface area contributed by atoms with Gasteiger partial charge < -0.3 is 5.02 Å². The Morgan fingerprint density at radius 1 is 1.19 bits per heavy atom. The number of nitrogens with zero attached hydrogens (tertiary/aromatic N) is 2. The molecule has 0 amide bonds. The van der Waals surface area contributed by atoms with Gasteiger partial charge in [-0.25, -0.2) is 17.4 Å². The van der Waals surface area contributed by atoms with Crippen LogP contribution in [-0.4, -0.2) is 29.9 Å². The van der Waals surface area contributed by atoms with Gasteiger partial charge in [0.25, 0.3) is 10.0 Å². The molecule has 3 aromatic rings. The molecule has 0 aliphatic rings. The van der Waals surface area contributed by atoms with Crippen LogP contribution < -0.4 is 5.46 Å². The molecule has 0 aliphatic carbocycles. The van der Waals surface area contributed by atoms with Crippen molar-refractivity contribution in [2.24, 2.45) is 0 Å². The molecule has 2 heterocycles. The molecule has 0 unspecified atom stereocenters. The predicted octanol–water partition coefficient (Wildman–Crippen LogP) is 0.551. The summed E-state index contributed by atoms with van der Waals surface area (Å²) in [5.41, 5.74) is 1.84. The zero-order chi connectivity index (χ0) is 15.0. The normalized spacial score (nSPS) is 11.7. The highest BCUT2D eigenvalue weighted by molar-refractivity contribution is 7.90. The predicted molar refractivity (Wildman–Crippen MR) is 82.5 cm³/mol. The molecule has 0 spiro atoms. The van der Waals surface area contributed by atoms with Crippen LogP contribution in [0.2, 0.25) is 0 Å². The highest BCUT2D eigenvalue weighted by Gasteiger charge is 2.21. The van der Waals surface area contributed by atoms with E-state index in [4.69, 9.17) is 0 Å². The van der Waals surface area contributed by atoms with E-state index in [1.165, 1.54) is 12.4 Å². The molecule has 5 nitrogen and oxygen atoms in total. The van der Waals surface area contributed by atoms with Gasteiger partial charge in [0.15, 0.2) is 5.65 Å². The van der Waals surface area contributed by atoms with E-state index in [-0.39, 0.29) is 12.4 Å². The number of rotatable bonds is 3. The first-order valence-corrected chi connectivity index (χ1v) is 7.86. The van der Waals surface area contributed by atoms with Crippen LogP contribution in [0.5, 0.6) is 0 Å². The van der Waals surface area contributed by atoms with E-state index < -0.39 is 10.0 Å². The first kappa shape index (κ1) is 13.8. The van der Waals surface area contributed by atoms with Crippen LogP contribution in [0.15, 0.2) is 53.7 Å². The Labute approximate surface area is 123 Å². The maximum absolute atomic E-state index is 12.7. The second-order valence-electron chi connectivity index (χ2n) is 4.80. The van der Waals surface area contributed by atoms with E-state index in [1.807, 2.05) is 6.92 Å². The second-order valence-corrected chi connectivity index (χ2v) is 6.62. The van der Waals surface area contributed by atoms with E-state index in [1.54, 1.807) is 36.4 Å². The Morgan fingerprint density at radius 2 is 1.90 bits per heavy atom. The molecule has 7 heteroatoms. The summed E-state index contributed by atoms with van der Waals surface area (Å²) < 4.78 is 26.6. The maximum atomic E-state index is 12.7. The summed E-state index contributed by atoms with van der Waals surface area (Å²) in [6.45, 7) is 1.90. The Morgan fingerprint density at radius 3 is 2.57 bits per heavy atom. The molecule has 21 heavy (non-hydrogen) atoms. The summed E-state index contributed by atoms with van der Waals surface area (Å²) in [7, 11) is -3.97. The number of pyridine rings is 1. The van der Waals surface area contributed by atoms with Gasteiger partial charge in [-0.15, -0.1) is 0 Å². The van der Waals surface area contributed by atoms with E-state index in [0.717, 1.165) is 9.54 Å². The topological polar surface area (TPSA) is 72.2 Å². The molecule has 2 aromatic heterocycles. The molecule has 1 aromatic carbocycles. The minimum atomic E-state index is -3.73. The Kier molecular flexibility index (Phi) is 3.31.